The first-order valence-electron chi connectivity index (χ1n) is 4.30. The molecule has 13 heavy (non-hydrogen) atoms. The molecule has 0 aromatic carbocycles. The summed E-state index contributed by atoms with van der Waals surface area (Å²) in [7, 11) is 0. The van der Waals surface area contributed by atoms with Gasteiger partial charge in [-0.3, -0.25) is 0 Å². The van der Waals surface area contributed by atoms with Gasteiger partial charge in [0.1, 0.15) is 0 Å². The van der Waals surface area contributed by atoms with Gasteiger partial charge in [0.15, 0.2) is 5.16 Å². The largest absolute Gasteiger partial charge is 0.231 e. The van der Waals surface area contributed by atoms with Crippen molar-refractivity contribution in [1.82, 2.24) is 9.97 Å². The lowest BCUT2D eigenvalue weighted by atomic mass is 10.4. The zero-order chi connectivity index (χ0) is 9.52. The zero-order valence-corrected chi connectivity index (χ0v) is 9.24. The van der Waals surface area contributed by atoms with Crippen LogP contribution in [0.15, 0.2) is 17.6 Å². The summed E-state index contributed by atoms with van der Waals surface area (Å²) in [6.45, 7) is 1.99. The molecule has 0 amide bonds. The van der Waals surface area contributed by atoms with Crippen molar-refractivity contribution in [3.63, 3.8) is 0 Å². The first-order valence-corrected chi connectivity index (χ1v) is 5.82. The smallest absolute Gasteiger partial charge is 0.187 e. The Morgan fingerprint density at radius 2 is 2.00 bits per heavy atom. The number of hydrogen-bond donors (Lipinski definition) is 0. The van der Waals surface area contributed by atoms with Gasteiger partial charge >= 0.3 is 0 Å². The summed E-state index contributed by atoms with van der Waals surface area (Å²) in [4.78, 5) is 8.39. The number of unbranched alkanes of at least 4 members (excludes halogenated alkanes) is 1. The van der Waals surface area contributed by atoms with E-state index in [1.807, 2.05) is 19.3 Å². The van der Waals surface area contributed by atoms with Crippen molar-refractivity contribution in [2.75, 3.05) is 11.6 Å². The van der Waals surface area contributed by atoms with E-state index in [2.05, 4.69) is 9.97 Å². The lowest BCUT2D eigenvalue weighted by Crippen LogP contribution is -1.88. The van der Waals surface area contributed by atoms with Crippen LogP contribution in [0.5, 0.6) is 0 Å². The molecular formula is C9H13ClN2S. The van der Waals surface area contributed by atoms with Gasteiger partial charge in [-0.05, 0) is 25.3 Å². The molecule has 0 aliphatic heterocycles. The molecule has 0 fully saturated rings. The number of hydrogen-bond acceptors (Lipinski definition) is 3. The number of thioether (sulfide) groups is 1. The Labute approximate surface area is 88.1 Å². The Morgan fingerprint density at radius 3 is 2.62 bits per heavy atom. The van der Waals surface area contributed by atoms with Gasteiger partial charge in [0.05, 0.1) is 0 Å². The number of aromatic nitrogens is 2. The molecular weight excluding hydrogens is 204 g/mol. The predicted octanol–water partition coefficient (Wildman–Crippen LogP) is 2.90. The summed E-state index contributed by atoms with van der Waals surface area (Å²) < 4.78 is 0. The normalized spacial score (nSPS) is 10.3. The van der Waals surface area contributed by atoms with Gasteiger partial charge in [-0.1, -0.05) is 11.8 Å². The van der Waals surface area contributed by atoms with Gasteiger partial charge in [-0.25, -0.2) is 9.97 Å². The summed E-state index contributed by atoms with van der Waals surface area (Å²) in [5.74, 6) is 1.80. The average Bonchev–Trinajstić information content (AvgIpc) is 2.15. The minimum Gasteiger partial charge on any atom is -0.231 e. The minimum atomic E-state index is 0.745. The van der Waals surface area contributed by atoms with Crippen LogP contribution in [0.25, 0.3) is 0 Å². The lowest BCUT2D eigenvalue weighted by molar-refractivity contribution is 0.892. The number of alkyl halides is 1. The Bertz CT molecular complexity index is 238. The Balaban J connectivity index is 2.25. The third kappa shape index (κ3) is 4.48. The molecule has 72 valence electrons. The topological polar surface area (TPSA) is 25.8 Å². The molecule has 2 nitrogen and oxygen atoms in total. The molecule has 0 spiro atoms. The summed E-state index contributed by atoms with van der Waals surface area (Å²) >= 11 is 7.25. The molecule has 0 unspecified atom stereocenters. The van der Waals surface area contributed by atoms with Crippen LogP contribution in [-0.4, -0.2) is 21.6 Å². The number of rotatable bonds is 5. The van der Waals surface area contributed by atoms with Crippen LogP contribution in [-0.2, 0) is 0 Å². The van der Waals surface area contributed by atoms with Crippen molar-refractivity contribution in [2.24, 2.45) is 0 Å². The molecule has 1 aromatic heterocycles. The summed E-state index contributed by atoms with van der Waals surface area (Å²) in [6, 6.07) is 0. The van der Waals surface area contributed by atoms with Gasteiger partial charge in [0.25, 0.3) is 0 Å². The van der Waals surface area contributed by atoms with Crippen LogP contribution < -0.4 is 0 Å². The minimum absolute atomic E-state index is 0.745. The fourth-order valence-electron chi connectivity index (χ4n) is 0.815. The van der Waals surface area contributed by atoms with E-state index in [9.17, 15) is 0 Å². The van der Waals surface area contributed by atoms with E-state index in [0.29, 0.717) is 0 Å². The van der Waals surface area contributed by atoms with Crippen molar-refractivity contribution in [1.29, 1.82) is 0 Å². The van der Waals surface area contributed by atoms with Crippen molar-refractivity contribution >= 4 is 23.4 Å². The first-order chi connectivity index (χ1) is 6.33. The first kappa shape index (κ1) is 10.8. The van der Waals surface area contributed by atoms with Crippen LogP contribution in [0.4, 0.5) is 0 Å². The van der Waals surface area contributed by atoms with Gasteiger partial charge in [0.2, 0.25) is 0 Å². The molecule has 0 atom stereocenters. The standard InChI is InChI=1S/C9H13ClN2S/c1-8-6-11-9(12-7-8)13-5-3-2-4-10/h6-7H,2-5H2,1H3. The Hall–Kier alpha value is -0.280. The fraction of sp³-hybridized carbons (Fsp3) is 0.556. The third-order valence-corrected chi connectivity index (χ3v) is 2.75. The van der Waals surface area contributed by atoms with Crippen LogP contribution in [0.1, 0.15) is 18.4 Å². The maximum absolute atomic E-state index is 5.56. The second-order valence-electron chi connectivity index (χ2n) is 2.79. The highest BCUT2D eigenvalue weighted by Crippen LogP contribution is 2.13. The third-order valence-electron chi connectivity index (χ3n) is 1.52. The molecule has 0 bridgehead atoms. The molecule has 0 saturated carbocycles. The highest BCUT2D eigenvalue weighted by Gasteiger charge is 1.95. The Kier molecular flexibility index (Phi) is 5.16. The second-order valence-corrected chi connectivity index (χ2v) is 4.23. The van der Waals surface area contributed by atoms with E-state index in [1.165, 1.54) is 0 Å². The molecule has 1 aromatic rings. The van der Waals surface area contributed by atoms with E-state index in [4.69, 9.17) is 11.6 Å². The van der Waals surface area contributed by atoms with E-state index in [1.54, 1.807) is 11.8 Å². The maximum Gasteiger partial charge on any atom is 0.187 e. The van der Waals surface area contributed by atoms with E-state index in [0.717, 1.165) is 35.2 Å². The Morgan fingerprint density at radius 1 is 1.31 bits per heavy atom. The van der Waals surface area contributed by atoms with E-state index in [-0.39, 0.29) is 0 Å². The lowest BCUT2D eigenvalue weighted by Gasteiger charge is -1.98. The molecule has 0 radical (unpaired) electrons. The highest BCUT2D eigenvalue weighted by atomic mass is 35.5. The van der Waals surface area contributed by atoms with E-state index < -0.39 is 0 Å². The SMILES string of the molecule is Cc1cnc(SCCCCCl)nc1. The molecule has 0 saturated heterocycles. The quantitative estimate of drug-likeness (QED) is 0.328. The van der Waals surface area contributed by atoms with Crippen LogP contribution in [0, 0.1) is 6.92 Å². The van der Waals surface area contributed by atoms with Crippen LogP contribution in [0.3, 0.4) is 0 Å². The molecule has 1 rings (SSSR count). The van der Waals surface area contributed by atoms with Gasteiger partial charge < -0.3 is 0 Å². The molecule has 4 heteroatoms. The summed E-state index contributed by atoms with van der Waals surface area (Å²) in [6.07, 6.45) is 5.89. The van der Waals surface area contributed by atoms with Gasteiger partial charge in [0, 0.05) is 24.0 Å². The zero-order valence-electron chi connectivity index (χ0n) is 7.66. The van der Waals surface area contributed by atoms with Crippen molar-refractivity contribution < 1.29 is 0 Å². The number of halogens is 1. The van der Waals surface area contributed by atoms with E-state index >= 15 is 0 Å². The van der Waals surface area contributed by atoms with Crippen molar-refractivity contribution in [2.45, 2.75) is 24.9 Å². The van der Waals surface area contributed by atoms with Gasteiger partial charge in [-0.15, -0.1) is 11.6 Å². The predicted molar refractivity (Wildman–Crippen MR) is 57.4 cm³/mol. The van der Waals surface area contributed by atoms with Crippen molar-refractivity contribution in [3.8, 4) is 0 Å². The number of aryl methyl sites for hydroxylation is 1. The van der Waals surface area contributed by atoms with Gasteiger partial charge in [-0.2, -0.15) is 0 Å². The van der Waals surface area contributed by atoms with Crippen LogP contribution in [0.2, 0.25) is 0 Å². The number of nitrogens with zero attached hydrogens (tertiary/aromatic N) is 2. The molecule has 0 aliphatic carbocycles. The van der Waals surface area contributed by atoms with Crippen molar-refractivity contribution in [3.05, 3.63) is 18.0 Å². The molecule has 0 N–H and O–H groups in total. The summed E-state index contributed by atoms with van der Waals surface area (Å²) in [5.41, 5.74) is 1.10. The van der Waals surface area contributed by atoms with Crippen LogP contribution >= 0.6 is 23.4 Å². The maximum atomic E-state index is 5.56. The fourth-order valence-corrected chi connectivity index (χ4v) is 1.79. The average molecular weight is 217 g/mol. The summed E-state index contributed by atoms with van der Waals surface area (Å²) in [5, 5.41) is 0.861. The molecule has 0 aliphatic rings. The second kappa shape index (κ2) is 6.22. The molecule has 1 heterocycles. The highest BCUT2D eigenvalue weighted by molar-refractivity contribution is 7.99. The monoisotopic (exact) mass is 216 g/mol.